The monoisotopic (exact) mass is 513 g/mol. The zero-order valence-corrected chi connectivity index (χ0v) is 21.4. The van der Waals surface area contributed by atoms with Crippen molar-refractivity contribution in [2.24, 2.45) is 5.73 Å². The van der Waals surface area contributed by atoms with Gasteiger partial charge >= 0.3 is 0 Å². The highest BCUT2D eigenvalue weighted by molar-refractivity contribution is 6.32. The first kappa shape index (κ1) is 24.2. The SMILES string of the molecule is Cc1ccc(CN2CC3=C(OC(N)=C(C#N)C3c3ccccc3Cl)/C(=C\c3ccccc3Cl)C2)cc1. The molecule has 6 heteroatoms. The lowest BCUT2D eigenvalue weighted by molar-refractivity contribution is 0.230. The van der Waals surface area contributed by atoms with Gasteiger partial charge in [-0.15, -0.1) is 0 Å². The number of nitrogens with two attached hydrogens (primary N) is 1. The van der Waals surface area contributed by atoms with E-state index in [2.05, 4.69) is 42.2 Å². The summed E-state index contributed by atoms with van der Waals surface area (Å²) in [6, 6.07) is 26.1. The molecular formula is C30H25Cl2N3O. The van der Waals surface area contributed by atoms with Crippen molar-refractivity contribution in [1.82, 2.24) is 4.90 Å². The second-order valence-corrected chi connectivity index (χ2v) is 9.94. The molecule has 2 aliphatic heterocycles. The molecule has 2 aliphatic rings. The Labute approximate surface area is 221 Å². The largest absolute Gasteiger partial charge is 0.440 e. The summed E-state index contributed by atoms with van der Waals surface area (Å²) in [5, 5.41) is 11.3. The van der Waals surface area contributed by atoms with Crippen LogP contribution in [0.2, 0.25) is 10.0 Å². The zero-order chi connectivity index (χ0) is 25.2. The Morgan fingerprint density at radius 1 is 1.00 bits per heavy atom. The summed E-state index contributed by atoms with van der Waals surface area (Å²) in [6.07, 6.45) is 2.05. The molecule has 0 fully saturated rings. The van der Waals surface area contributed by atoms with Crippen LogP contribution in [0, 0.1) is 18.3 Å². The van der Waals surface area contributed by atoms with Gasteiger partial charge in [-0.05, 0) is 47.4 Å². The third-order valence-corrected chi connectivity index (χ3v) is 7.27. The van der Waals surface area contributed by atoms with Crippen molar-refractivity contribution in [3.8, 4) is 6.07 Å². The molecule has 0 spiro atoms. The van der Waals surface area contributed by atoms with Gasteiger partial charge in [0.2, 0.25) is 5.88 Å². The molecule has 0 amide bonds. The van der Waals surface area contributed by atoms with Crippen molar-refractivity contribution < 1.29 is 4.74 Å². The first-order valence-corrected chi connectivity index (χ1v) is 12.5. The Kier molecular flexibility index (Phi) is 6.89. The maximum Gasteiger partial charge on any atom is 0.205 e. The zero-order valence-electron chi connectivity index (χ0n) is 19.8. The lowest BCUT2D eigenvalue weighted by Crippen LogP contribution is -2.37. The molecule has 0 aliphatic carbocycles. The fourth-order valence-electron chi connectivity index (χ4n) is 4.85. The molecule has 1 atom stereocenters. The highest BCUT2D eigenvalue weighted by Crippen LogP contribution is 2.45. The first-order valence-electron chi connectivity index (χ1n) is 11.7. The summed E-state index contributed by atoms with van der Waals surface area (Å²) in [6.45, 7) is 4.08. The van der Waals surface area contributed by atoms with Crippen LogP contribution in [0.15, 0.2) is 101 Å². The Hall–Kier alpha value is -3.49. The molecule has 0 radical (unpaired) electrons. The van der Waals surface area contributed by atoms with E-state index in [1.165, 1.54) is 11.1 Å². The standard InChI is InChI=1S/C30H25Cl2N3O/c1-19-10-12-20(13-11-19)16-35-17-22(14-21-6-2-4-8-26(21)31)29-25(18-35)28(24(15-33)30(34)36-29)23-7-3-5-9-27(23)32/h2-14,28H,16-18,34H2,1H3/b22-14-. The molecule has 2 heterocycles. The predicted octanol–water partition coefficient (Wildman–Crippen LogP) is 6.96. The number of nitrogens with zero attached hydrogens (tertiary/aromatic N) is 2. The second-order valence-electron chi connectivity index (χ2n) is 9.12. The fraction of sp³-hybridized carbons (Fsp3) is 0.167. The van der Waals surface area contributed by atoms with Crippen LogP contribution in [0.4, 0.5) is 0 Å². The molecule has 5 rings (SSSR count). The average Bonchev–Trinajstić information content (AvgIpc) is 2.87. The average molecular weight is 514 g/mol. The number of hydrogen-bond acceptors (Lipinski definition) is 4. The molecule has 2 N–H and O–H groups in total. The molecule has 0 aromatic heterocycles. The van der Waals surface area contributed by atoms with Gasteiger partial charge in [0.1, 0.15) is 17.4 Å². The minimum absolute atomic E-state index is 0.109. The molecular weight excluding hydrogens is 489 g/mol. The Balaban J connectivity index is 1.65. The summed E-state index contributed by atoms with van der Waals surface area (Å²) in [5.41, 5.74) is 12.8. The van der Waals surface area contributed by atoms with Crippen LogP contribution in [-0.2, 0) is 11.3 Å². The van der Waals surface area contributed by atoms with Crippen LogP contribution < -0.4 is 5.73 Å². The Bertz CT molecular complexity index is 1450. The van der Waals surface area contributed by atoms with Gasteiger partial charge in [0.25, 0.3) is 0 Å². The number of hydrogen-bond donors (Lipinski definition) is 1. The first-order chi connectivity index (χ1) is 17.4. The molecule has 4 nitrogen and oxygen atoms in total. The maximum atomic E-state index is 10.1. The van der Waals surface area contributed by atoms with Crippen molar-refractivity contribution in [3.05, 3.63) is 133 Å². The van der Waals surface area contributed by atoms with Gasteiger partial charge in [-0.2, -0.15) is 5.26 Å². The van der Waals surface area contributed by atoms with E-state index < -0.39 is 5.92 Å². The van der Waals surface area contributed by atoms with Crippen LogP contribution in [0.3, 0.4) is 0 Å². The van der Waals surface area contributed by atoms with Gasteiger partial charge in [-0.3, -0.25) is 4.90 Å². The lowest BCUT2D eigenvalue weighted by Gasteiger charge is -2.38. The number of ether oxygens (including phenoxy) is 1. The van der Waals surface area contributed by atoms with Crippen LogP contribution in [0.5, 0.6) is 0 Å². The van der Waals surface area contributed by atoms with Gasteiger partial charge < -0.3 is 10.5 Å². The maximum absolute atomic E-state index is 10.1. The summed E-state index contributed by atoms with van der Waals surface area (Å²) in [7, 11) is 0. The topological polar surface area (TPSA) is 62.3 Å². The minimum Gasteiger partial charge on any atom is -0.440 e. The van der Waals surface area contributed by atoms with E-state index in [1.54, 1.807) is 0 Å². The highest BCUT2D eigenvalue weighted by Gasteiger charge is 2.38. The minimum atomic E-state index is -0.400. The number of allylic oxidation sites excluding steroid dienone is 1. The van der Waals surface area contributed by atoms with Crippen molar-refractivity contribution >= 4 is 29.3 Å². The Morgan fingerprint density at radius 2 is 1.69 bits per heavy atom. The van der Waals surface area contributed by atoms with Gasteiger partial charge in [0.05, 0.1) is 5.92 Å². The molecule has 36 heavy (non-hydrogen) atoms. The van der Waals surface area contributed by atoms with E-state index in [4.69, 9.17) is 33.7 Å². The highest BCUT2D eigenvalue weighted by atomic mass is 35.5. The molecule has 3 aromatic rings. The number of benzene rings is 3. The van der Waals surface area contributed by atoms with E-state index >= 15 is 0 Å². The molecule has 0 saturated carbocycles. The number of aryl methyl sites for hydroxylation is 1. The van der Waals surface area contributed by atoms with Crippen LogP contribution >= 0.6 is 23.2 Å². The van der Waals surface area contributed by atoms with E-state index in [0.29, 0.717) is 34.5 Å². The second kappa shape index (κ2) is 10.2. The Morgan fingerprint density at radius 3 is 2.39 bits per heavy atom. The molecule has 180 valence electrons. The fourth-order valence-corrected chi connectivity index (χ4v) is 5.28. The van der Waals surface area contributed by atoms with Crippen LogP contribution in [-0.4, -0.2) is 18.0 Å². The molecule has 0 bridgehead atoms. The summed E-state index contributed by atoms with van der Waals surface area (Å²) >= 11 is 13.2. The van der Waals surface area contributed by atoms with Crippen molar-refractivity contribution in [1.29, 1.82) is 5.26 Å². The van der Waals surface area contributed by atoms with E-state index in [0.717, 1.165) is 28.8 Å². The summed E-state index contributed by atoms with van der Waals surface area (Å²) in [4.78, 5) is 2.34. The lowest BCUT2D eigenvalue weighted by atomic mass is 9.80. The predicted molar refractivity (Wildman–Crippen MR) is 145 cm³/mol. The number of rotatable bonds is 4. The smallest absolute Gasteiger partial charge is 0.205 e. The quantitative estimate of drug-likeness (QED) is 0.409. The van der Waals surface area contributed by atoms with Crippen LogP contribution in [0.25, 0.3) is 6.08 Å². The number of nitriles is 1. The van der Waals surface area contributed by atoms with Gasteiger partial charge in [-0.1, -0.05) is 89.4 Å². The molecule has 1 unspecified atom stereocenters. The van der Waals surface area contributed by atoms with Gasteiger partial charge in [-0.25, -0.2) is 0 Å². The third kappa shape index (κ3) is 4.79. The van der Waals surface area contributed by atoms with E-state index in [-0.39, 0.29) is 5.88 Å². The van der Waals surface area contributed by atoms with Crippen LogP contribution in [0.1, 0.15) is 28.2 Å². The van der Waals surface area contributed by atoms with E-state index in [9.17, 15) is 5.26 Å². The summed E-state index contributed by atoms with van der Waals surface area (Å²) < 4.78 is 6.16. The number of halogens is 2. The van der Waals surface area contributed by atoms with Gasteiger partial charge in [0, 0.05) is 35.3 Å². The van der Waals surface area contributed by atoms with Crippen molar-refractivity contribution in [3.63, 3.8) is 0 Å². The van der Waals surface area contributed by atoms with Crippen molar-refractivity contribution in [2.75, 3.05) is 13.1 Å². The molecule has 3 aromatic carbocycles. The molecule has 0 saturated heterocycles. The summed E-state index contributed by atoms with van der Waals surface area (Å²) in [5.74, 6) is 0.401. The van der Waals surface area contributed by atoms with E-state index in [1.807, 2.05) is 54.6 Å². The third-order valence-electron chi connectivity index (χ3n) is 6.58. The van der Waals surface area contributed by atoms with Crippen molar-refractivity contribution in [2.45, 2.75) is 19.4 Å². The normalized spacial score (nSPS) is 19.2. The van der Waals surface area contributed by atoms with Gasteiger partial charge in [0.15, 0.2) is 0 Å².